The Morgan fingerprint density at radius 2 is 2.00 bits per heavy atom. The van der Waals surface area contributed by atoms with Crippen LogP contribution >= 0.6 is 0 Å². The molecule has 2 unspecified atom stereocenters. The van der Waals surface area contributed by atoms with E-state index in [0.717, 1.165) is 32.2 Å². The molecular weight excluding hydrogens is 264 g/mol. The molecule has 0 bridgehead atoms. The molecule has 21 heavy (non-hydrogen) atoms. The van der Waals surface area contributed by atoms with E-state index < -0.39 is 0 Å². The van der Waals surface area contributed by atoms with Crippen LogP contribution in [0.3, 0.4) is 0 Å². The maximum atomic E-state index is 12.9. The van der Waals surface area contributed by atoms with Crippen molar-refractivity contribution in [1.82, 2.24) is 4.90 Å². The fraction of sp³-hybridized carbons (Fsp3) is 0.588. The highest BCUT2D eigenvalue weighted by Crippen LogP contribution is 2.30. The zero-order valence-corrected chi connectivity index (χ0v) is 12.6. The summed E-state index contributed by atoms with van der Waals surface area (Å²) in [4.78, 5) is 14.9. The zero-order valence-electron chi connectivity index (χ0n) is 12.6. The lowest BCUT2D eigenvalue weighted by molar-refractivity contribution is -0.140. The van der Waals surface area contributed by atoms with Crippen molar-refractivity contribution in [1.29, 1.82) is 0 Å². The first-order valence-electron chi connectivity index (χ1n) is 7.83. The second kappa shape index (κ2) is 6.16. The Hall–Kier alpha value is -1.39. The fourth-order valence-electron chi connectivity index (χ4n) is 3.71. The summed E-state index contributed by atoms with van der Waals surface area (Å²) in [6.45, 7) is 1.29. The van der Waals surface area contributed by atoms with Gasteiger partial charge >= 0.3 is 0 Å². The van der Waals surface area contributed by atoms with Crippen molar-refractivity contribution >= 4 is 5.91 Å². The number of amides is 1. The van der Waals surface area contributed by atoms with Gasteiger partial charge in [0.1, 0.15) is 0 Å². The highest BCUT2D eigenvalue weighted by atomic mass is 16.5. The predicted molar refractivity (Wildman–Crippen MR) is 81.9 cm³/mol. The standard InChI is InChI=1S/C17H24N2O2/c1-21-16-6-7-19(15(10-16)11-18)17(20)14-8-12-4-2-3-5-13(12)9-14/h2-5,14-16H,6-11,18H2,1H3. The van der Waals surface area contributed by atoms with Gasteiger partial charge in [0.25, 0.3) is 0 Å². The van der Waals surface area contributed by atoms with Crippen molar-refractivity contribution in [3.8, 4) is 0 Å². The first-order chi connectivity index (χ1) is 10.2. The van der Waals surface area contributed by atoms with Crippen LogP contribution in [0.2, 0.25) is 0 Å². The quantitative estimate of drug-likeness (QED) is 0.914. The minimum absolute atomic E-state index is 0.0931. The number of carbonyl (C=O) groups excluding carboxylic acids is 1. The van der Waals surface area contributed by atoms with Gasteiger partial charge in [-0.15, -0.1) is 0 Å². The van der Waals surface area contributed by atoms with E-state index in [0.29, 0.717) is 6.54 Å². The number of likely N-dealkylation sites (tertiary alicyclic amines) is 1. The van der Waals surface area contributed by atoms with Crippen LogP contribution in [0.5, 0.6) is 0 Å². The number of nitrogens with two attached hydrogens (primary N) is 1. The molecule has 1 heterocycles. The maximum absolute atomic E-state index is 12.9. The summed E-state index contributed by atoms with van der Waals surface area (Å²) in [5.41, 5.74) is 8.53. The van der Waals surface area contributed by atoms with E-state index in [1.165, 1.54) is 11.1 Å². The molecule has 114 valence electrons. The van der Waals surface area contributed by atoms with Gasteiger partial charge in [0.05, 0.1) is 6.10 Å². The van der Waals surface area contributed by atoms with Gasteiger partial charge in [-0.3, -0.25) is 4.79 Å². The normalized spacial score (nSPS) is 25.9. The molecule has 2 aliphatic rings. The number of methoxy groups -OCH3 is 1. The van der Waals surface area contributed by atoms with Gasteiger partial charge in [-0.25, -0.2) is 0 Å². The first-order valence-corrected chi connectivity index (χ1v) is 7.83. The number of nitrogens with zero attached hydrogens (tertiary/aromatic N) is 1. The minimum atomic E-state index is 0.0931. The van der Waals surface area contributed by atoms with Gasteiger partial charge < -0.3 is 15.4 Å². The third kappa shape index (κ3) is 2.83. The van der Waals surface area contributed by atoms with Crippen molar-refractivity contribution in [2.45, 2.75) is 37.8 Å². The molecule has 0 radical (unpaired) electrons. The molecule has 0 aromatic heterocycles. The van der Waals surface area contributed by atoms with E-state index in [1.807, 2.05) is 4.90 Å². The minimum Gasteiger partial charge on any atom is -0.381 e. The van der Waals surface area contributed by atoms with E-state index >= 15 is 0 Å². The number of benzene rings is 1. The average molecular weight is 288 g/mol. The first kappa shape index (κ1) is 14.5. The van der Waals surface area contributed by atoms with E-state index in [1.54, 1.807) is 7.11 Å². The van der Waals surface area contributed by atoms with Crippen LogP contribution in [0.1, 0.15) is 24.0 Å². The number of carbonyl (C=O) groups is 1. The van der Waals surface area contributed by atoms with E-state index in [-0.39, 0.29) is 24.0 Å². The summed E-state index contributed by atoms with van der Waals surface area (Å²) >= 11 is 0. The van der Waals surface area contributed by atoms with Crippen LogP contribution in [0.25, 0.3) is 0 Å². The van der Waals surface area contributed by atoms with E-state index in [2.05, 4.69) is 24.3 Å². The van der Waals surface area contributed by atoms with Crippen molar-refractivity contribution in [2.24, 2.45) is 11.7 Å². The molecule has 4 nitrogen and oxygen atoms in total. The van der Waals surface area contributed by atoms with Crippen LogP contribution < -0.4 is 5.73 Å². The van der Waals surface area contributed by atoms with E-state index in [9.17, 15) is 4.79 Å². The molecule has 1 saturated heterocycles. The highest BCUT2D eigenvalue weighted by molar-refractivity contribution is 5.81. The monoisotopic (exact) mass is 288 g/mol. The molecule has 1 amide bonds. The molecule has 3 rings (SSSR count). The van der Waals surface area contributed by atoms with Crippen molar-refractivity contribution in [3.05, 3.63) is 35.4 Å². The molecule has 1 aliphatic heterocycles. The highest BCUT2D eigenvalue weighted by Gasteiger charge is 2.36. The van der Waals surface area contributed by atoms with Gasteiger partial charge in [0.2, 0.25) is 5.91 Å². The average Bonchev–Trinajstić information content (AvgIpc) is 2.97. The Balaban J connectivity index is 1.69. The molecule has 1 aliphatic carbocycles. The molecule has 1 aromatic carbocycles. The van der Waals surface area contributed by atoms with Gasteiger partial charge in [0.15, 0.2) is 0 Å². The summed E-state index contributed by atoms with van der Waals surface area (Å²) < 4.78 is 5.43. The van der Waals surface area contributed by atoms with Gasteiger partial charge in [-0.2, -0.15) is 0 Å². The lowest BCUT2D eigenvalue weighted by atomic mass is 9.96. The number of rotatable bonds is 3. The lowest BCUT2D eigenvalue weighted by Crippen LogP contribution is -2.53. The van der Waals surface area contributed by atoms with Gasteiger partial charge in [0, 0.05) is 32.2 Å². The second-order valence-electron chi connectivity index (χ2n) is 6.18. The summed E-state index contributed by atoms with van der Waals surface area (Å²) in [5.74, 6) is 0.367. The van der Waals surface area contributed by atoms with Crippen LogP contribution in [0, 0.1) is 5.92 Å². The Kier molecular flexibility index (Phi) is 4.27. The molecule has 4 heteroatoms. The molecule has 1 fully saturated rings. The van der Waals surface area contributed by atoms with Crippen LogP contribution in [0.4, 0.5) is 0 Å². The Morgan fingerprint density at radius 3 is 2.57 bits per heavy atom. The molecule has 0 spiro atoms. The fourth-order valence-corrected chi connectivity index (χ4v) is 3.71. The Morgan fingerprint density at radius 1 is 1.33 bits per heavy atom. The molecule has 2 N–H and O–H groups in total. The summed E-state index contributed by atoms with van der Waals surface area (Å²) in [7, 11) is 1.74. The van der Waals surface area contributed by atoms with Gasteiger partial charge in [-0.1, -0.05) is 24.3 Å². The largest absolute Gasteiger partial charge is 0.381 e. The SMILES string of the molecule is COC1CCN(C(=O)C2Cc3ccccc3C2)C(CN)C1. The lowest BCUT2D eigenvalue weighted by Gasteiger charge is -2.39. The Bertz CT molecular complexity index is 492. The number of fused-ring (bicyclic) bond motifs is 1. The number of hydrogen-bond donors (Lipinski definition) is 1. The molecular formula is C17H24N2O2. The summed E-state index contributed by atoms with van der Waals surface area (Å²) in [6, 6.07) is 8.51. The third-order valence-corrected chi connectivity index (χ3v) is 4.96. The summed E-state index contributed by atoms with van der Waals surface area (Å²) in [5, 5.41) is 0. The smallest absolute Gasteiger partial charge is 0.226 e. The summed E-state index contributed by atoms with van der Waals surface area (Å²) in [6.07, 6.45) is 3.76. The topological polar surface area (TPSA) is 55.6 Å². The molecule has 1 aromatic rings. The third-order valence-electron chi connectivity index (χ3n) is 4.96. The number of piperidine rings is 1. The van der Waals surface area contributed by atoms with Crippen molar-refractivity contribution < 1.29 is 9.53 Å². The Labute approximate surface area is 126 Å². The maximum Gasteiger partial charge on any atom is 0.226 e. The zero-order chi connectivity index (χ0) is 14.8. The number of hydrogen-bond acceptors (Lipinski definition) is 3. The van der Waals surface area contributed by atoms with Crippen molar-refractivity contribution in [2.75, 3.05) is 20.2 Å². The van der Waals surface area contributed by atoms with Gasteiger partial charge in [-0.05, 0) is 36.8 Å². The predicted octanol–water partition coefficient (Wildman–Crippen LogP) is 1.37. The second-order valence-corrected chi connectivity index (χ2v) is 6.18. The van der Waals surface area contributed by atoms with Crippen LogP contribution in [-0.2, 0) is 22.4 Å². The van der Waals surface area contributed by atoms with E-state index in [4.69, 9.17) is 10.5 Å². The molecule has 2 atom stereocenters. The number of ether oxygens (including phenoxy) is 1. The van der Waals surface area contributed by atoms with Crippen molar-refractivity contribution in [3.63, 3.8) is 0 Å². The van der Waals surface area contributed by atoms with Crippen LogP contribution in [-0.4, -0.2) is 43.2 Å². The van der Waals surface area contributed by atoms with Crippen LogP contribution in [0.15, 0.2) is 24.3 Å². The molecule has 0 saturated carbocycles.